The summed E-state index contributed by atoms with van der Waals surface area (Å²) in [5, 5.41) is 2.18. The van der Waals surface area contributed by atoms with Crippen LogP contribution in [0.4, 0.5) is 17.1 Å². The van der Waals surface area contributed by atoms with Crippen LogP contribution < -0.4 is 4.90 Å². The molecule has 0 N–H and O–H groups in total. The summed E-state index contributed by atoms with van der Waals surface area (Å²) in [4.78, 5) is 2.40. The largest absolute Gasteiger partial charge is 0.456 e. The molecule has 0 saturated carbocycles. The molecule has 264 valence electrons. The van der Waals surface area contributed by atoms with Crippen molar-refractivity contribution < 1.29 is 4.42 Å². The Labute approximate surface area is 327 Å². The van der Waals surface area contributed by atoms with Gasteiger partial charge in [0.1, 0.15) is 11.2 Å². The second-order valence-electron chi connectivity index (χ2n) is 14.1. The molecule has 0 radical (unpaired) electrons. The zero-order valence-corrected chi connectivity index (χ0v) is 30.7. The quantitative estimate of drug-likeness (QED) is 0.156. The average Bonchev–Trinajstić information content (AvgIpc) is 3.67. The van der Waals surface area contributed by atoms with Crippen molar-refractivity contribution in [2.24, 2.45) is 0 Å². The summed E-state index contributed by atoms with van der Waals surface area (Å²) in [6.07, 6.45) is 0. The van der Waals surface area contributed by atoms with E-state index in [9.17, 15) is 0 Å². The molecule has 0 bridgehead atoms. The normalized spacial score (nSPS) is 11.2. The van der Waals surface area contributed by atoms with Crippen LogP contribution in [0.1, 0.15) is 0 Å². The van der Waals surface area contributed by atoms with Crippen LogP contribution in [-0.4, -0.2) is 0 Å². The van der Waals surface area contributed by atoms with Crippen molar-refractivity contribution in [3.8, 4) is 55.6 Å². The molecule has 0 aliphatic rings. The van der Waals surface area contributed by atoms with Gasteiger partial charge in [-0.25, -0.2) is 0 Å². The average molecular weight is 716 g/mol. The van der Waals surface area contributed by atoms with Crippen molar-refractivity contribution in [1.82, 2.24) is 0 Å². The van der Waals surface area contributed by atoms with E-state index < -0.39 is 0 Å². The molecule has 2 nitrogen and oxygen atoms in total. The third-order valence-corrected chi connectivity index (χ3v) is 10.7. The van der Waals surface area contributed by atoms with Crippen molar-refractivity contribution in [2.75, 3.05) is 4.90 Å². The van der Waals surface area contributed by atoms with Crippen LogP contribution in [0.5, 0.6) is 0 Å². The van der Waals surface area contributed by atoms with Gasteiger partial charge < -0.3 is 9.32 Å². The smallest absolute Gasteiger partial charge is 0.137 e. The minimum Gasteiger partial charge on any atom is -0.456 e. The molecule has 0 spiro atoms. The van der Waals surface area contributed by atoms with Crippen LogP contribution in [0.25, 0.3) is 77.6 Å². The molecule has 9 aromatic carbocycles. The van der Waals surface area contributed by atoms with Crippen LogP contribution in [0.2, 0.25) is 0 Å². The summed E-state index contributed by atoms with van der Waals surface area (Å²) in [5.74, 6) is 0. The van der Waals surface area contributed by atoms with E-state index in [0.29, 0.717) is 0 Å². The zero-order chi connectivity index (χ0) is 37.3. The maximum Gasteiger partial charge on any atom is 0.137 e. The summed E-state index contributed by atoms with van der Waals surface area (Å²) in [7, 11) is 0. The molecule has 2 heteroatoms. The summed E-state index contributed by atoms with van der Waals surface area (Å²) in [5.41, 5.74) is 16.7. The van der Waals surface area contributed by atoms with Gasteiger partial charge in [-0.2, -0.15) is 0 Å². The lowest BCUT2D eigenvalue weighted by molar-refractivity contribution is 0.669. The lowest BCUT2D eigenvalue weighted by Gasteiger charge is -2.29. The lowest BCUT2D eigenvalue weighted by Crippen LogP contribution is -2.11. The van der Waals surface area contributed by atoms with Crippen LogP contribution in [0, 0.1) is 0 Å². The number of benzene rings is 9. The fourth-order valence-corrected chi connectivity index (χ4v) is 8.08. The second-order valence-corrected chi connectivity index (χ2v) is 14.1. The lowest BCUT2D eigenvalue weighted by atomic mass is 9.87. The Morgan fingerprint density at radius 1 is 0.286 bits per heavy atom. The Morgan fingerprint density at radius 2 is 0.768 bits per heavy atom. The highest BCUT2D eigenvalue weighted by atomic mass is 16.3. The predicted octanol–water partition coefficient (Wildman–Crippen LogP) is 15.4. The second kappa shape index (κ2) is 14.4. The molecule has 0 unspecified atom stereocenters. The van der Waals surface area contributed by atoms with Gasteiger partial charge in [0.2, 0.25) is 0 Å². The number of para-hydroxylation sites is 2. The van der Waals surface area contributed by atoms with E-state index in [1.807, 2.05) is 6.07 Å². The molecule has 0 fully saturated rings. The van der Waals surface area contributed by atoms with E-state index in [2.05, 4.69) is 223 Å². The first kappa shape index (κ1) is 33.2. The van der Waals surface area contributed by atoms with Gasteiger partial charge in [-0.1, -0.05) is 182 Å². The number of hydrogen-bond acceptors (Lipinski definition) is 2. The first-order valence-corrected chi connectivity index (χ1v) is 19.1. The van der Waals surface area contributed by atoms with Gasteiger partial charge in [-0.3, -0.25) is 0 Å². The Bertz CT molecular complexity index is 2950. The van der Waals surface area contributed by atoms with Gasteiger partial charge in [0.05, 0.1) is 16.8 Å². The van der Waals surface area contributed by atoms with E-state index in [1.54, 1.807) is 0 Å². The SMILES string of the molecule is c1ccc(-c2ccc(N(c3ccccc3-c3ccccc3-c3ccc(-c4ccccc4)cc3-c3ccccc3)c3cccc4oc5ccccc5c34)cc2)cc1. The topological polar surface area (TPSA) is 16.4 Å². The summed E-state index contributed by atoms with van der Waals surface area (Å²) in [6, 6.07) is 80.1. The van der Waals surface area contributed by atoms with Crippen molar-refractivity contribution in [3.05, 3.63) is 224 Å². The van der Waals surface area contributed by atoms with Gasteiger partial charge in [0.25, 0.3) is 0 Å². The standard InChI is InChI=1S/C54H37NO/c1-4-17-38(18-5-1)40-31-34-43(35-32-40)55(51-28-16-30-53-54(51)48-26-13-15-29-52(48)56-53)50-27-14-12-25-47(50)45-24-11-10-23-44(45)46-36-33-42(39-19-6-2-7-20-39)37-49(46)41-21-8-3-9-22-41/h1-37H. The molecule has 56 heavy (non-hydrogen) atoms. The van der Waals surface area contributed by atoms with Gasteiger partial charge in [0.15, 0.2) is 0 Å². The minimum absolute atomic E-state index is 0.860. The molecular weight excluding hydrogens is 679 g/mol. The molecule has 0 aliphatic carbocycles. The fraction of sp³-hybridized carbons (Fsp3) is 0. The van der Waals surface area contributed by atoms with Crippen LogP contribution in [0.15, 0.2) is 229 Å². The number of nitrogens with zero attached hydrogens (tertiary/aromatic N) is 1. The third-order valence-electron chi connectivity index (χ3n) is 10.7. The molecule has 0 atom stereocenters. The van der Waals surface area contributed by atoms with Gasteiger partial charge in [0, 0.05) is 16.6 Å². The predicted molar refractivity (Wildman–Crippen MR) is 236 cm³/mol. The highest BCUT2D eigenvalue weighted by Gasteiger charge is 2.23. The van der Waals surface area contributed by atoms with Crippen molar-refractivity contribution in [3.63, 3.8) is 0 Å². The maximum absolute atomic E-state index is 6.45. The number of rotatable bonds is 8. The Hall–Kier alpha value is -7.42. The Kier molecular flexibility index (Phi) is 8.55. The molecule has 0 amide bonds. The van der Waals surface area contributed by atoms with Crippen molar-refractivity contribution in [1.29, 1.82) is 0 Å². The summed E-state index contributed by atoms with van der Waals surface area (Å²) >= 11 is 0. The van der Waals surface area contributed by atoms with E-state index in [-0.39, 0.29) is 0 Å². The van der Waals surface area contributed by atoms with E-state index in [0.717, 1.165) is 50.1 Å². The van der Waals surface area contributed by atoms with Crippen molar-refractivity contribution >= 4 is 39.0 Å². The molecule has 1 heterocycles. The van der Waals surface area contributed by atoms with Crippen LogP contribution >= 0.6 is 0 Å². The molecule has 0 aliphatic heterocycles. The zero-order valence-electron chi connectivity index (χ0n) is 30.7. The Morgan fingerprint density at radius 3 is 1.48 bits per heavy atom. The minimum atomic E-state index is 0.860. The van der Waals surface area contributed by atoms with Crippen molar-refractivity contribution in [2.45, 2.75) is 0 Å². The molecular formula is C54H37NO. The number of anilines is 3. The van der Waals surface area contributed by atoms with Gasteiger partial charge in [-0.05, 0) is 92.5 Å². The highest BCUT2D eigenvalue weighted by Crippen LogP contribution is 2.48. The van der Waals surface area contributed by atoms with Gasteiger partial charge in [-0.15, -0.1) is 0 Å². The first-order valence-electron chi connectivity index (χ1n) is 19.1. The maximum atomic E-state index is 6.45. The van der Waals surface area contributed by atoms with E-state index >= 15 is 0 Å². The molecule has 10 aromatic rings. The highest BCUT2D eigenvalue weighted by molar-refractivity contribution is 6.14. The number of fused-ring (bicyclic) bond motifs is 3. The number of furan rings is 1. The van der Waals surface area contributed by atoms with Crippen LogP contribution in [-0.2, 0) is 0 Å². The fourth-order valence-electron chi connectivity index (χ4n) is 8.08. The van der Waals surface area contributed by atoms with Gasteiger partial charge >= 0.3 is 0 Å². The Balaban J connectivity index is 1.20. The monoisotopic (exact) mass is 715 g/mol. The van der Waals surface area contributed by atoms with Crippen LogP contribution in [0.3, 0.4) is 0 Å². The third kappa shape index (κ3) is 6.04. The summed E-state index contributed by atoms with van der Waals surface area (Å²) in [6.45, 7) is 0. The molecule has 1 aromatic heterocycles. The molecule has 10 rings (SSSR count). The van der Waals surface area contributed by atoms with E-state index in [4.69, 9.17) is 4.42 Å². The van der Waals surface area contributed by atoms with E-state index in [1.165, 1.54) is 44.5 Å². The number of hydrogen-bond donors (Lipinski definition) is 0. The summed E-state index contributed by atoms with van der Waals surface area (Å²) < 4.78 is 6.45. The first-order chi connectivity index (χ1) is 27.8. The molecule has 0 saturated heterocycles.